The lowest BCUT2D eigenvalue weighted by atomic mass is 10.2. The van der Waals surface area contributed by atoms with Crippen molar-refractivity contribution in [1.29, 1.82) is 0 Å². The first-order chi connectivity index (χ1) is 15.0. The molecule has 1 fully saturated rings. The largest absolute Gasteiger partial charge is 0.369 e. The second kappa shape index (κ2) is 9.35. The Balaban J connectivity index is 1.53. The zero-order valence-electron chi connectivity index (χ0n) is 18.9. The van der Waals surface area contributed by atoms with Gasteiger partial charge in [-0.3, -0.25) is 0 Å². The smallest absolute Gasteiger partial charge is 0.229 e. The molecule has 1 N–H and O–H groups in total. The van der Waals surface area contributed by atoms with Crippen molar-refractivity contribution in [3.8, 4) is 0 Å². The fourth-order valence-corrected chi connectivity index (χ4v) is 3.94. The highest BCUT2D eigenvalue weighted by atomic mass is 15.3. The molecule has 4 rings (SSSR count). The van der Waals surface area contributed by atoms with Gasteiger partial charge in [0.1, 0.15) is 5.82 Å². The Morgan fingerprint density at radius 3 is 2.26 bits per heavy atom. The molecular formula is C25H32N6. The van der Waals surface area contributed by atoms with Gasteiger partial charge in [0.25, 0.3) is 0 Å². The number of rotatable bonds is 6. The van der Waals surface area contributed by atoms with E-state index in [1.54, 1.807) is 0 Å². The molecule has 1 aliphatic heterocycles. The number of hydrogen-bond donors (Lipinski definition) is 1. The van der Waals surface area contributed by atoms with Crippen LogP contribution in [0, 0.1) is 6.92 Å². The van der Waals surface area contributed by atoms with Gasteiger partial charge in [-0.15, -0.1) is 0 Å². The molecule has 0 spiro atoms. The molecular weight excluding hydrogens is 384 g/mol. The maximum Gasteiger partial charge on any atom is 0.229 e. The molecule has 31 heavy (non-hydrogen) atoms. The fourth-order valence-electron chi connectivity index (χ4n) is 3.94. The first kappa shape index (κ1) is 21.1. The lowest BCUT2D eigenvalue weighted by molar-refractivity contribution is 0.313. The van der Waals surface area contributed by atoms with E-state index in [0.717, 1.165) is 48.9 Å². The molecule has 3 aromatic rings. The van der Waals surface area contributed by atoms with Gasteiger partial charge in [-0.25, -0.2) is 4.98 Å². The highest BCUT2D eigenvalue weighted by Crippen LogP contribution is 2.30. The molecule has 2 heterocycles. The van der Waals surface area contributed by atoms with Crippen molar-refractivity contribution in [2.45, 2.75) is 26.8 Å². The Hall–Kier alpha value is -3.12. The number of para-hydroxylation sites is 1. The molecule has 6 nitrogen and oxygen atoms in total. The molecule has 0 atom stereocenters. The molecule has 1 aliphatic rings. The van der Waals surface area contributed by atoms with Gasteiger partial charge in [0.05, 0.1) is 0 Å². The van der Waals surface area contributed by atoms with Gasteiger partial charge in [0.15, 0.2) is 0 Å². The highest BCUT2D eigenvalue weighted by Gasteiger charge is 2.18. The first-order valence-corrected chi connectivity index (χ1v) is 11.0. The molecule has 162 valence electrons. The van der Waals surface area contributed by atoms with Crippen LogP contribution in [-0.2, 0) is 0 Å². The van der Waals surface area contributed by atoms with Crippen LogP contribution in [0.25, 0.3) is 0 Å². The molecule has 0 bridgehead atoms. The standard InChI is InChI=1S/C25H32N6/c1-19(2)31(23-8-6-5-7-9-23)24-20(3)18-26-25(28-24)27-21-10-12-22(13-11-21)30-16-14-29(4)15-17-30/h5-13,18-19H,14-17H2,1-4H3,(H,26,27,28). The van der Waals surface area contributed by atoms with Crippen LogP contribution in [0.3, 0.4) is 0 Å². The third-order valence-electron chi connectivity index (χ3n) is 5.72. The maximum absolute atomic E-state index is 4.87. The van der Waals surface area contributed by atoms with E-state index in [9.17, 15) is 0 Å². The van der Waals surface area contributed by atoms with Gasteiger partial charge >= 0.3 is 0 Å². The predicted molar refractivity (Wildman–Crippen MR) is 130 cm³/mol. The zero-order valence-corrected chi connectivity index (χ0v) is 18.9. The summed E-state index contributed by atoms with van der Waals surface area (Å²) in [5.41, 5.74) is 4.43. The van der Waals surface area contributed by atoms with Crippen molar-refractivity contribution in [3.63, 3.8) is 0 Å². The lowest BCUT2D eigenvalue weighted by Gasteiger charge is -2.34. The Morgan fingerprint density at radius 1 is 0.935 bits per heavy atom. The number of aromatic nitrogens is 2. The van der Waals surface area contributed by atoms with E-state index in [-0.39, 0.29) is 6.04 Å². The summed E-state index contributed by atoms with van der Waals surface area (Å²) in [6.45, 7) is 10.8. The number of nitrogens with one attached hydrogen (secondary N) is 1. The van der Waals surface area contributed by atoms with Crippen molar-refractivity contribution < 1.29 is 0 Å². The highest BCUT2D eigenvalue weighted by molar-refractivity contribution is 5.66. The van der Waals surface area contributed by atoms with Crippen LogP contribution < -0.4 is 15.1 Å². The third-order valence-corrected chi connectivity index (χ3v) is 5.72. The van der Waals surface area contributed by atoms with E-state index >= 15 is 0 Å². The molecule has 1 aromatic heterocycles. The van der Waals surface area contributed by atoms with E-state index in [1.807, 2.05) is 12.3 Å². The summed E-state index contributed by atoms with van der Waals surface area (Å²) in [5.74, 6) is 1.53. The maximum atomic E-state index is 4.87. The van der Waals surface area contributed by atoms with Crippen molar-refractivity contribution in [3.05, 3.63) is 66.4 Å². The number of hydrogen-bond acceptors (Lipinski definition) is 6. The number of benzene rings is 2. The van der Waals surface area contributed by atoms with Crippen molar-refractivity contribution >= 4 is 28.8 Å². The number of nitrogens with zero attached hydrogens (tertiary/aromatic N) is 5. The molecule has 0 amide bonds. The normalized spacial score (nSPS) is 14.7. The molecule has 0 aliphatic carbocycles. The third kappa shape index (κ3) is 4.97. The van der Waals surface area contributed by atoms with E-state index in [2.05, 4.69) is 101 Å². The van der Waals surface area contributed by atoms with Crippen molar-refractivity contribution in [2.24, 2.45) is 0 Å². The SMILES string of the molecule is Cc1cnc(Nc2ccc(N3CCN(C)CC3)cc2)nc1N(c1ccccc1)C(C)C. The average Bonchev–Trinajstić information content (AvgIpc) is 2.78. The van der Waals surface area contributed by atoms with E-state index in [1.165, 1.54) is 5.69 Å². The molecule has 0 radical (unpaired) electrons. The van der Waals surface area contributed by atoms with Crippen LogP contribution in [-0.4, -0.2) is 54.1 Å². The first-order valence-electron chi connectivity index (χ1n) is 11.0. The number of anilines is 5. The van der Waals surface area contributed by atoms with Gasteiger partial charge in [-0.1, -0.05) is 18.2 Å². The number of piperazine rings is 1. The van der Waals surface area contributed by atoms with E-state index in [4.69, 9.17) is 4.98 Å². The number of likely N-dealkylation sites (N-methyl/N-ethyl adjacent to an activating group) is 1. The summed E-state index contributed by atoms with van der Waals surface area (Å²) in [7, 11) is 2.18. The Morgan fingerprint density at radius 2 is 1.61 bits per heavy atom. The molecule has 6 heteroatoms. The van der Waals surface area contributed by atoms with Crippen LogP contribution in [0.1, 0.15) is 19.4 Å². The molecule has 0 unspecified atom stereocenters. The summed E-state index contributed by atoms with van der Waals surface area (Å²) >= 11 is 0. The average molecular weight is 417 g/mol. The van der Waals surface area contributed by atoms with Crippen LogP contribution in [0.15, 0.2) is 60.8 Å². The Bertz CT molecular complexity index is 979. The van der Waals surface area contributed by atoms with Gasteiger partial charge in [0, 0.05) is 61.0 Å². The quantitative estimate of drug-likeness (QED) is 0.621. The Kier molecular flexibility index (Phi) is 6.37. The second-order valence-corrected chi connectivity index (χ2v) is 8.46. The minimum absolute atomic E-state index is 0.270. The van der Waals surface area contributed by atoms with E-state index < -0.39 is 0 Å². The van der Waals surface area contributed by atoms with Crippen LogP contribution in [0.4, 0.5) is 28.8 Å². The van der Waals surface area contributed by atoms with Crippen molar-refractivity contribution in [1.82, 2.24) is 14.9 Å². The predicted octanol–water partition coefficient (Wildman–Crippen LogP) is 4.83. The minimum Gasteiger partial charge on any atom is -0.369 e. The topological polar surface area (TPSA) is 47.5 Å². The van der Waals surface area contributed by atoms with Crippen LogP contribution in [0.2, 0.25) is 0 Å². The zero-order chi connectivity index (χ0) is 21.8. The van der Waals surface area contributed by atoms with Gasteiger partial charge < -0.3 is 20.0 Å². The summed E-state index contributed by atoms with van der Waals surface area (Å²) in [6.07, 6.45) is 1.89. The summed E-state index contributed by atoms with van der Waals surface area (Å²) in [6, 6.07) is 19.2. The summed E-state index contributed by atoms with van der Waals surface area (Å²) in [4.78, 5) is 16.5. The fraction of sp³-hybridized carbons (Fsp3) is 0.360. The summed E-state index contributed by atoms with van der Waals surface area (Å²) < 4.78 is 0. The Labute approximate surface area is 185 Å². The van der Waals surface area contributed by atoms with Crippen LogP contribution >= 0.6 is 0 Å². The summed E-state index contributed by atoms with van der Waals surface area (Å²) in [5, 5.41) is 3.38. The molecule has 0 saturated carbocycles. The number of aryl methyl sites for hydroxylation is 1. The van der Waals surface area contributed by atoms with Crippen molar-refractivity contribution in [2.75, 3.05) is 48.3 Å². The minimum atomic E-state index is 0.270. The second-order valence-electron chi connectivity index (χ2n) is 8.46. The van der Waals surface area contributed by atoms with E-state index in [0.29, 0.717) is 5.95 Å². The van der Waals surface area contributed by atoms with Crippen LogP contribution in [0.5, 0.6) is 0 Å². The van der Waals surface area contributed by atoms with Gasteiger partial charge in [0.2, 0.25) is 5.95 Å². The van der Waals surface area contributed by atoms with Gasteiger partial charge in [-0.2, -0.15) is 4.98 Å². The monoisotopic (exact) mass is 416 g/mol. The molecule has 1 saturated heterocycles. The lowest BCUT2D eigenvalue weighted by Crippen LogP contribution is -2.44. The molecule has 2 aromatic carbocycles. The van der Waals surface area contributed by atoms with Gasteiger partial charge in [-0.05, 0) is 64.2 Å².